The fourth-order valence-electron chi connectivity index (χ4n) is 5.21. The van der Waals surface area contributed by atoms with E-state index in [1.54, 1.807) is 18.1 Å². The molecule has 3 aliphatic rings. The summed E-state index contributed by atoms with van der Waals surface area (Å²) in [6.07, 6.45) is 9.46. The summed E-state index contributed by atoms with van der Waals surface area (Å²) >= 11 is 0. The van der Waals surface area contributed by atoms with Crippen LogP contribution in [-0.4, -0.2) is 59.9 Å². The first-order chi connectivity index (χ1) is 15.9. The molecule has 1 spiro atoms. The molecule has 8 nitrogen and oxygen atoms in total. The summed E-state index contributed by atoms with van der Waals surface area (Å²) in [4.78, 5) is 43.6. The Morgan fingerprint density at radius 2 is 2.21 bits per heavy atom. The molecule has 33 heavy (non-hydrogen) atoms. The summed E-state index contributed by atoms with van der Waals surface area (Å²) < 4.78 is 5.41. The molecule has 0 bridgehead atoms. The summed E-state index contributed by atoms with van der Waals surface area (Å²) in [6.45, 7) is 1.19. The second-order valence-corrected chi connectivity index (χ2v) is 9.50. The van der Waals surface area contributed by atoms with Crippen molar-refractivity contribution in [3.8, 4) is 18.1 Å². The van der Waals surface area contributed by atoms with E-state index in [4.69, 9.17) is 11.2 Å². The molecule has 3 atom stereocenters. The van der Waals surface area contributed by atoms with Crippen LogP contribution in [0.5, 0.6) is 5.75 Å². The minimum Gasteiger partial charge on any atom is -0.496 e. The molecule has 3 fully saturated rings. The maximum atomic E-state index is 13.5. The van der Waals surface area contributed by atoms with Gasteiger partial charge in [0.15, 0.2) is 0 Å². The lowest BCUT2D eigenvalue weighted by Crippen LogP contribution is -2.49. The van der Waals surface area contributed by atoms with Gasteiger partial charge < -0.3 is 25.3 Å². The Morgan fingerprint density at radius 3 is 2.88 bits per heavy atom. The highest BCUT2D eigenvalue weighted by molar-refractivity contribution is 6.02. The third-order valence-electron chi connectivity index (χ3n) is 7.30. The topological polar surface area (TPSA) is 104 Å². The second kappa shape index (κ2) is 8.14. The first-order valence-electron chi connectivity index (χ1n) is 11.4. The highest BCUT2D eigenvalue weighted by Crippen LogP contribution is 2.55. The lowest BCUT2D eigenvalue weighted by Gasteiger charge is -2.25. The molecule has 2 saturated heterocycles. The van der Waals surface area contributed by atoms with Gasteiger partial charge in [0.2, 0.25) is 11.8 Å². The lowest BCUT2D eigenvalue weighted by molar-refractivity contribution is -0.126. The number of H-pyrrole nitrogens is 1. The summed E-state index contributed by atoms with van der Waals surface area (Å²) in [5.74, 6) is 2.63. The summed E-state index contributed by atoms with van der Waals surface area (Å²) in [7, 11) is 1.60. The minimum atomic E-state index is -0.582. The van der Waals surface area contributed by atoms with Crippen LogP contribution in [-0.2, 0) is 9.59 Å². The number of hydrogen-bond acceptors (Lipinski definition) is 4. The van der Waals surface area contributed by atoms with Crippen LogP contribution in [0, 0.1) is 23.7 Å². The van der Waals surface area contributed by atoms with Crippen LogP contribution >= 0.6 is 0 Å². The number of rotatable bonds is 6. The first kappa shape index (κ1) is 21.4. The van der Waals surface area contributed by atoms with Crippen molar-refractivity contribution < 1.29 is 19.1 Å². The first-order valence-corrected chi connectivity index (χ1v) is 11.4. The minimum absolute atomic E-state index is 0.0201. The third-order valence-corrected chi connectivity index (χ3v) is 7.30. The SMILES string of the molecule is C#C[C@H](C[C@@H]1CCNC1=O)NC(=O)[C@@H]1CC2(CC2)CN1C(=O)c1cc2c(OC)cccc2[nH]1. The van der Waals surface area contributed by atoms with Gasteiger partial charge in [-0.05, 0) is 55.7 Å². The van der Waals surface area contributed by atoms with Gasteiger partial charge in [-0.1, -0.05) is 12.0 Å². The van der Waals surface area contributed by atoms with Gasteiger partial charge in [-0.15, -0.1) is 6.42 Å². The Bertz CT molecular complexity index is 1160. The van der Waals surface area contributed by atoms with Crippen molar-refractivity contribution in [3.05, 3.63) is 30.0 Å². The van der Waals surface area contributed by atoms with E-state index in [-0.39, 0.29) is 29.1 Å². The number of methoxy groups -OCH3 is 1. The molecular formula is C25H28N4O4. The maximum absolute atomic E-state index is 13.5. The molecule has 1 aliphatic carbocycles. The second-order valence-electron chi connectivity index (χ2n) is 9.50. The number of amides is 3. The molecule has 0 radical (unpaired) electrons. The van der Waals surface area contributed by atoms with Gasteiger partial charge in [-0.3, -0.25) is 14.4 Å². The number of nitrogens with zero attached hydrogens (tertiary/aromatic N) is 1. The van der Waals surface area contributed by atoms with Crippen molar-refractivity contribution >= 4 is 28.6 Å². The Kier molecular flexibility index (Phi) is 5.28. The number of fused-ring (bicyclic) bond motifs is 1. The molecular weight excluding hydrogens is 420 g/mol. The Hall–Kier alpha value is -3.47. The molecule has 2 aromatic rings. The van der Waals surface area contributed by atoms with Gasteiger partial charge in [-0.25, -0.2) is 0 Å². The van der Waals surface area contributed by atoms with Gasteiger partial charge in [-0.2, -0.15) is 0 Å². The normalized spacial score (nSPS) is 23.9. The summed E-state index contributed by atoms with van der Waals surface area (Å²) in [5, 5.41) is 6.55. The van der Waals surface area contributed by atoms with Gasteiger partial charge in [0.1, 0.15) is 17.5 Å². The van der Waals surface area contributed by atoms with E-state index in [1.807, 2.05) is 18.2 Å². The number of aromatic amines is 1. The largest absolute Gasteiger partial charge is 0.496 e. The predicted molar refractivity (Wildman–Crippen MR) is 122 cm³/mol. The zero-order valence-electron chi connectivity index (χ0n) is 18.6. The molecule has 172 valence electrons. The van der Waals surface area contributed by atoms with Crippen molar-refractivity contribution in [2.24, 2.45) is 11.3 Å². The number of ether oxygens (including phenoxy) is 1. The van der Waals surface area contributed by atoms with E-state index >= 15 is 0 Å². The fraction of sp³-hybridized carbons (Fsp3) is 0.480. The van der Waals surface area contributed by atoms with Crippen molar-refractivity contribution in [2.45, 2.75) is 44.2 Å². The smallest absolute Gasteiger partial charge is 0.271 e. The fourth-order valence-corrected chi connectivity index (χ4v) is 5.21. The number of hydrogen-bond donors (Lipinski definition) is 3. The molecule has 1 aromatic heterocycles. The van der Waals surface area contributed by atoms with Crippen LogP contribution in [0.1, 0.15) is 42.6 Å². The van der Waals surface area contributed by atoms with Crippen LogP contribution in [0.2, 0.25) is 0 Å². The van der Waals surface area contributed by atoms with Gasteiger partial charge in [0, 0.05) is 29.9 Å². The molecule has 1 aromatic carbocycles. The van der Waals surface area contributed by atoms with Crippen molar-refractivity contribution in [3.63, 3.8) is 0 Å². The Labute approximate surface area is 192 Å². The number of terminal acetylenes is 1. The molecule has 5 rings (SSSR count). The molecule has 3 N–H and O–H groups in total. The van der Waals surface area contributed by atoms with Gasteiger partial charge in [0.25, 0.3) is 5.91 Å². The number of carbonyl (C=O) groups excluding carboxylic acids is 3. The van der Waals surface area contributed by atoms with Crippen LogP contribution in [0.25, 0.3) is 10.9 Å². The number of benzene rings is 1. The van der Waals surface area contributed by atoms with Crippen LogP contribution < -0.4 is 15.4 Å². The number of aromatic nitrogens is 1. The quantitative estimate of drug-likeness (QED) is 0.587. The average Bonchev–Trinajstić information content (AvgIpc) is 3.13. The van der Waals surface area contributed by atoms with E-state index in [9.17, 15) is 14.4 Å². The lowest BCUT2D eigenvalue weighted by atomic mass is 9.98. The van der Waals surface area contributed by atoms with Crippen molar-refractivity contribution in [1.29, 1.82) is 0 Å². The Balaban J connectivity index is 1.34. The zero-order valence-corrected chi connectivity index (χ0v) is 18.6. The molecule has 0 unspecified atom stereocenters. The van der Waals surface area contributed by atoms with E-state index in [0.29, 0.717) is 43.8 Å². The van der Waals surface area contributed by atoms with Crippen LogP contribution in [0.4, 0.5) is 0 Å². The van der Waals surface area contributed by atoms with Crippen LogP contribution in [0.3, 0.4) is 0 Å². The molecule has 2 aliphatic heterocycles. The Morgan fingerprint density at radius 1 is 1.39 bits per heavy atom. The molecule has 1 saturated carbocycles. The predicted octanol–water partition coefficient (Wildman–Crippen LogP) is 1.82. The van der Waals surface area contributed by atoms with Crippen molar-refractivity contribution in [2.75, 3.05) is 20.2 Å². The maximum Gasteiger partial charge on any atom is 0.271 e. The van der Waals surface area contributed by atoms with E-state index < -0.39 is 12.1 Å². The van der Waals surface area contributed by atoms with Crippen molar-refractivity contribution in [1.82, 2.24) is 20.5 Å². The highest BCUT2D eigenvalue weighted by atomic mass is 16.5. The van der Waals surface area contributed by atoms with Gasteiger partial charge in [0.05, 0.1) is 13.2 Å². The van der Waals surface area contributed by atoms with Crippen LogP contribution in [0.15, 0.2) is 24.3 Å². The number of carbonyl (C=O) groups is 3. The molecule has 3 amide bonds. The zero-order chi connectivity index (χ0) is 23.2. The third kappa shape index (κ3) is 3.92. The van der Waals surface area contributed by atoms with Gasteiger partial charge >= 0.3 is 0 Å². The van der Waals surface area contributed by atoms with E-state index in [0.717, 1.165) is 23.7 Å². The van der Waals surface area contributed by atoms with E-state index in [2.05, 4.69) is 21.5 Å². The summed E-state index contributed by atoms with van der Waals surface area (Å²) in [6, 6.07) is 6.26. The number of nitrogens with one attached hydrogen (secondary N) is 3. The summed E-state index contributed by atoms with van der Waals surface area (Å²) in [5.41, 5.74) is 1.26. The highest BCUT2D eigenvalue weighted by Gasteiger charge is 2.55. The average molecular weight is 449 g/mol. The monoisotopic (exact) mass is 448 g/mol. The molecule has 8 heteroatoms. The molecule has 3 heterocycles. The number of likely N-dealkylation sites (tertiary alicyclic amines) is 1. The van der Waals surface area contributed by atoms with E-state index in [1.165, 1.54) is 0 Å². The standard InChI is InChI=1S/C25H28N4O4/c1-3-16(11-15-7-10-26-22(15)30)27-23(31)20-13-25(8-9-25)14-29(20)24(32)19-12-17-18(28-19)5-4-6-21(17)33-2/h1,4-6,12,15-16,20,28H,7-11,13-14H2,2H3,(H,26,30)(H,27,31)/t15-,16+,20-/m0/s1.